The molecule has 1 aromatic heterocycles. The Balaban J connectivity index is 2.30. The molecular weight excluding hydrogens is 130 g/mol. The lowest BCUT2D eigenvalue weighted by Gasteiger charge is -1.91. The zero-order valence-corrected chi connectivity index (χ0v) is 6.45. The van der Waals surface area contributed by atoms with E-state index in [9.17, 15) is 0 Å². The molecule has 1 aromatic rings. The number of nitrogens with two attached hydrogens (primary N) is 1. The van der Waals surface area contributed by atoms with Crippen LogP contribution in [0.5, 0.6) is 0 Å². The van der Waals surface area contributed by atoms with Gasteiger partial charge in [0.25, 0.3) is 0 Å². The third-order valence-corrected chi connectivity index (χ3v) is 1.98. The molecule has 0 saturated carbocycles. The lowest BCUT2D eigenvalue weighted by atomic mass is 10.3. The van der Waals surface area contributed by atoms with Gasteiger partial charge >= 0.3 is 0 Å². The van der Waals surface area contributed by atoms with Gasteiger partial charge < -0.3 is 5.32 Å². The van der Waals surface area contributed by atoms with Crippen molar-refractivity contribution in [2.24, 2.45) is 0 Å². The molecule has 0 aliphatic carbocycles. The molecule has 0 aromatic carbocycles. The van der Waals surface area contributed by atoms with E-state index in [4.69, 9.17) is 0 Å². The predicted octanol–water partition coefficient (Wildman–Crippen LogP) is 0.831. The molecule has 2 heteroatoms. The second-order valence-corrected chi connectivity index (χ2v) is 2.81. The van der Waals surface area contributed by atoms with E-state index in [1.807, 2.05) is 0 Å². The number of hydrogen-bond acceptors (Lipinski definition) is 1. The van der Waals surface area contributed by atoms with Gasteiger partial charge in [-0.1, -0.05) is 0 Å². The van der Waals surface area contributed by atoms with Gasteiger partial charge in [0, 0.05) is 5.56 Å². The monoisotopic (exact) mass is 142 g/mol. The van der Waals surface area contributed by atoms with Gasteiger partial charge in [0.2, 0.25) is 0 Å². The van der Waals surface area contributed by atoms with Crippen LogP contribution in [0.2, 0.25) is 0 Å². The van der Waals surface area contributed by atoms with Crippen LogP contribution in [0.25, 0.3) is 0 Å². The van der Waals surface area contributed by atoms with Crippen molar-refractivity contribution in [3.05, 3.63) is 22.4 Å². The number of hydrogen-bond donors (Lipinski definition) is 1. The highest BCUT2D eigenvalue weighted by molar-refractivity contribution is 7.07. The molecule has 0 spiro atoms. The van der Waals surface area contributed by atoms with Gasteiger partial charge in [-0.2, -0.15) is 11.3 Å². The maximum atomic E-state index is 2.29. The first-order valence-corrected chi connectivity index (χ1v) is 4.20. The molecule has 9 heavy (non-hydrogen) atoms. The van der Waals surface area contributed by atoms with Crippen LogP contribution in [0, 0.1) is 0 Å². The standard InChI is InChI=1S/C7H11NS/c1-2-8-5-7-3-4-9-6-7/h3-4,6,8H,2,5H2,1H3/p+1. The summed E-state index contributed by atoms with van der Waals surface area (Å²) in [7, 11) is 0. The Morgan fingerprint density at radius 1 is 1.67 bits per heavy atom. The highest BCUT2D eigenvalue weighted by Gasteiger charge is 1.90. The van der Waals surface area contributed by atoms with Crippen molar-refractivity contribution in [3.8, 4) is 0 Å². The number of thiophene rings is 1. The van der Waals surface area contributed by atoms with Gasteiger partial charge in [0.05, 0.1) is 6.54 Å². The van der Waals surface area contributed by atoms with Gasteiger partial charge in [-0.25, -0.2) is 0 Å². The van der Waals surface area contributed by atoms with Crippen molar-refractivity contribution in [2.75, 3.05) is 6.54 Å². The molecule has 1 rings (SSSR count). The number of rotatable bonds is 3. The molecule has 0 unspecified atom stereocenters. The largest absolute Gasteiger partial charge is 0.343 e. The summed E-state index contributed by atoms with van der Waals surface area (Å²) in [6.07, 6.45) is 0. The van der Waals surface area contributed by atoms with Crippen LogP contribution in [0.15, 0.2) is 16.8 Å². The second-order valence-electron chi connectivity index (χ2n) is 2.03. The fourth-order valence-corrected chi connectivity index (χ4v) is 1.40. The Morgan fingerprint density at radius 2 is 2.56 bits per heavy atom. The lowest BCUT2D eigenvalue weighted by Crippen LogP contribution is -2.81. The molecule has 0 saturated heterocycles. The summed E-state index contributed by atoms with van der Waals surface area (Å²) in [4.78, 5) is 0. The van der Waals surface area contributed by atoms with E-state index in [0.717, 1.165) is 6.54 Å². The summed E-state index contributed by atoms with van der Waals surface area (Å²) in [5.41, 5.74) is 1.45. The summed E-state index contributed by atoms with van der Waals surface area (Å²) < 4.78 is 0. The van der Waals surface area contributed by atoms with Gasteiger partial charge in [-0.3, -0.25) is 0 Å². The van der Waals surface area contributed by atoms with E-state index in [2.05, 4.69) is 29.1 Å². The molecule has 0 amide bonds. The molecule has 0 fully saturated rings. The summed E-state index contributed by atoms with van der Waals surface area (Å²) in [6, 6.07) is 2.18. The van der Waals surface area contributed by atoms with Crippen LogP contribution >= 0.6 is 11.3 Å². The van der Waals surface area contributed by atoms with Crippen molar-refractivity contribution < 1.29 is 5.32 Å². The van der Waals surface area contributed by atoms with E-state index in [0.29, 0.717) is 0 Å². The van der Waals surface area contributed by atoms with Crippen LogP contribution in [0.1, 0.15) is 12.5 Å². The molecular formula is C7H12NS+. The highest BCUT2D eigenvalue weighted by Crippen LogP contribution is 2.02. The fraction of sp³-hybridized carbons (Fsp3) is 0.429. The molecule has 0 radical (unpaired) electrons. The minimum absolute atomic E-state index is 1.14. The highest BCUT2D eigenvalue weighted by atomic mass is 32.1. The Bertz CT molecular complexity index is 146. The number of quaternary nitrogens is 1. The van der Waals surface area contributed by atoms with Gasteiger partial charge in [0.1, 0.15) is 6.54 Å². The van der Waals surface area contributed by atoms with E-state index >= 15 is 0 Å². The summed E-state index contributed by atoms with van der Waals surface area (Å²) in [6.45, 7) is 4.49. The first kappa shape index (κ1) is 6.78. The fourth-order valence-electron chi connectivity index (χ4n) is 0.720. The average molecular weight is 142 g/mol. The first-order chi connectivity index (χ1) is 4.43. The second kappa shape index (κ2) is 3.64. The van der Waals surface area contributed by atoms with Crippen molar-refractivity contribution in [1.29, 1.82) is 0 Å². The molecule has 0 aliphatic heterocycles. The van der Waals surface area contributed by atoms with E-state index in [1.54, 1.807) is 11.3 Å². The van der Waals surface area contributed by atoms with Gasteiger partial charge in [-0.05, 0) is 23.8 Å². The van der Waals surface area contributed by atoms with Crippen molar-refractivity contribution in [1.82, 2.24) is 0 Å². The average Bonchev–Trinajstić information content (AvgIpc) is 2.34. The normalized spacial score (nSPS) is 9.89. The Kier molecular flexibility index (Phi) is 2.74. The quantitative estimate of drug-likeness (QED) is 0.644. The molecule has 0 atom stereocenters. The molecule has 50 valence electrons. The molecule has 0 bridgehead atoms. The van der Waals surface area contributed by atoms with Gasteiger partial charge in [0.15, 0.2) is 0 Å². The van der Waals surface area contributed by atoms with Crippen LogP contribution < -0.4 is 5.32 Å². The third kappa shape index (κ3) is 2.16. The van der Waals surface area contributed by atoms with Crippen molar-refractivity contribution in [2.45, 2.75) is 13.5 Å². The zero-order valence-electron chi connectivity index (χ0n) is 5.63. The first-order valence-electron chi connectivity index (χ1n) is 3.26. The smallest absolute Gasteiger partial charge is 0.102 e. The Labute approximate surface area is 59.7 Å². The SMILES string of the molecule is CC[NH2+]Cc1ccsc1. The Hall–Kier alpha value is -0.340. The van der Waals surface area contributed by atoms with Crippen LogP contribution in [0.3, 0.4) is 0 Å². The van der Waals surface area contributed by atoms with E-state index in [1.165, 1.54) is 12.1 Å². The molecule has 1 heterocycles. The molecule has 1 nitrogen and oxygen atoms in total. The Morgan fingerprint density at radius 3 is 3.11 bits per heavy atom. The summed E-state index contributed by atoms with van der Waals surface area (Å²) in [5.74, 6) is 0. The third-order valence-electron chi connectivity index (χ3n) is 1.25. The topological polar surface area (TPSA) is 16.6 Å². The maximum absolute atomic E-state index is 2.29. The van der Waals surface area contributed by atoms with Crippen molar-refractivity contribution >= 4 is 11.3 Å². The van der Waals surface area contributed by atoms with E-state index in [-0.39, 0.29) is 0 Å². The van der Waals surface area contributed by atoms with Gasteiger partial charge in [-0.15, -0.1) is 0 Å². The zero-order chi connectivity index (χ0) is 6.53. The van der Waals surface area contributed by atoms with Crippen LogP contribution in [-0.4, -0.2) is 6.54 Å². The maximum Gasteiger partial charge on any atom is 0.102 e. The van der Waals surface area contributed by atoms with Crippen LogP contribution in [-0.2, 0) is 6.54 Å². The molecule has 2 N–H and O–H groups in total. The summed E-state index contributed by atoms with van der Waals surface area (Å²) >= 11 is 1.77. The lowest BCUT2D eigenvalue weighted by molar-refractivity contribution is -0.667. The van der Waals surface area contributed by atoms with E-state index < -0.39 is 0 Å². The predicted molar refractivity (Wildman–Crippen MR) is 40.5 cm³/mol. The summed E-state index contributed by atoms with van der Waals surface area (Å²) in [5, 5.41) is 6.62. The minimum Gasteiger partial charge on any atom is -0.343 e. The van der Waals surface area contributed by atoms with Crippen molar-refractivity contribution in [3.63, 3.8) is 0 Å². The van der Waals surface area contributed by atoms with Crippen LogP contribution in [0.4, 0.5) is 0 Å². The molecule has 0 aliphatic rings. The minimum atomic E-state index is 1.14.